The van der Waals surface area contributed by atoms with Gasteiger partial charge >= 0.3 is 0 Å². The van der Waals surface area contributed by atoms with E-state index in [1.54, 1.807) is 0 Å². The maximum Gasteiger partial charge on any atom is 0.252 e. The van der Waals surface area contributed by atoms with Gasteiger partial charge in [0.2, 0.25) is 0 Å². The Morgan fingerprint density at radius 1 is 0.870 bits per heavy atom. The minimum absolute atomic E-state index is 0.0337. The summed E-state index contributed by atoms with van der Waals surface area (Å²) in [7, 11) is 0. The van der Waals surface area contributed by atoms with E-state index in [0.29, 0.717) is 18.4 Å². The quantitative estimate of drug-likeness (QED) is 0.876. The van der Waals surface area contributed by atoms with Gasteiger partial charge in [0.05, 0.1) is 0 Å². The highest BCUT2D eigenvalue weighted by molar-refractivity contribution is 6.00. The van der Waals surface area contributed by atoms with Crippen molar-refractivity contribution in [1.82, 2.24) is 10.6 Å². The normalized spacial score (nSPS) is 17.7. The molecule has 3 nitrogen and oxygen atoms in total. The van der Waals surface area contributed by atoms with Crippen LogP contribution in [0.15, 0.2) is 23.3 Å². The predicted octanol–water partition coefficient (Wildman–Crippen LogP) is 3.61. The lowest BCUT2D eigenvalue weighted by atomic mass is 9.93. The van der Waals surface area contributed by atoms with Crippen LogP contribution in [0.1, 0.15) is 54.7 Å². The van der Waals surface area contributed by atoms with Crippen molar-refractivity contribution in [2.45, 2.75) is 34.2 Å². The van der Waals surface area contributed by atoms with E-state index < -0.39 is 0 Å². The number of benzene rings is 1. The first kappa shape index (κ1) is 16.0. The Hall–Kier alpha value is -1.87. The Morgan fingerprint density at radius 3 is 2.22 bits per heavy atom. The molecule has 2 N–H and O–H groups in total. The number of rotatable bonds is 2. The van der Waals surface area contributed by atoms with Gasteiger partial charge in [-0.3, -0.25) is 4.79 Å². The van der Waals surface area contributed by atoms with Crippen molar-refractivity contribution in [3.8, 4) is 0 Å². The predicted molar refractivity (Wildman–Crippen MR) is 96.1 cm³/mol. The fraction of sp³-hybridized carbons (Fsp3) is 0.450. The van der Waals surface area contributed by atoms with E-state index in [1.165, 1.54) is 22.3 Å². The van der Waals surface area contributed by atoms with Crippen LogP contribution in [0, 0.1) is 11.8 Å². The number of carbonyl (C=O) groups is 1. The average Bonchev–Trinajstić information content (AvgIpc) is 2.79. The minimum Gasteiger partial charge on any atom is -0.348 e. The number of nitrogens with one attached hydrogen (secondary N) is 2. The zero-order chi connectivity index (χ0) is 16.6. The van der Waals surface area contributed by atoms with E-state index >= 15 is 0 Å². The third-order valence-corrected chi connectivity index (χ3v) is 4.82. The Bertz CT molecular complexity index is 696. The first-order valence-corrected chi connectivity index (χ1v) is 8.52. The van der Waals surface area contributed by atoms with Crippen molar-refractivity contribution in [2.24, 2.45) is 11.8 Å². The standard InChI is InChI=1S/C20H26N2O/c1-12(2)16-5-14-8-19-15(7-18(14)10-21-9-16)6-17(13(3)4)11-22-20(19)23/h5-8,12-13,21H,9-11H2,1-4H3,(H,22,23). The Morgan fingerprint density at radius 2 is 1.52 bits per heavy atom. The van der Waals surface area contributed by atoms with Crippen LogP contribution in [-0.2, 0) is 6.54 Å². The first-order chi connectivity index (χ1) is 11.0. The van der Waals surface area contributed by atoms with Gasteiger partial charge in [0.1, 0.15) is 0 Å². The molecule has 2 aliphatic rings. The number of fused-ring (bicyclic) bond motifs is 2. The summed E-state index contributed by atoms with van der Waals surface area (Å²) in [5, 5.41) is 6.56. The smallest absolute Gasteiger partial charge is 0.252 e. The molecule has 0 atom stereocenters. The third-order valence-electron chi connectivity index (χ3n) is 4.82. The molecule has 1 aromatic carbocycles. The molecule has 2 heterocycles. The molecule has 0 spiro atoms. The van der Waals surface area contributed by atoms with Crippen LogP contribution in [0.2, 0.25) is 0 Å². The molecule has 0 unspecified atom stereocenters. The van der Waals surface area contributed by atoms with Gasteiger partial charge in [-0.1, -0.05) is 45.4 Å². The van der Waals surface area contributed by atoms with Crippen LogP contribution < -0.4 is 10.6 Å². The summed E-state index contributed by atoms with van der Waals surface area (Å²) in [6, 6.07) is 4.25. The molecule has 0 radical (unpaired) electrons. The zero-order valence-corrected chi connectivity index (χ0v) is 14.5. The highest BCUT2D eigenvalue weighted by atomic mass is 16.1. The van der Waals surface area contributed by atoms with Crippen molar-refractivity contribution in [3.63, 3.8) is 0 Å². The highest BCUT2D eigenvalue weighted by Crippen LogP contribution is 2.27. The van der Waals surface area contributed by atoms with Crippen LogP contribution >= 0.6 is 0 Å². The molecule has 0 saturated heterocycles. The van der Waals surface area contributed by atoms with Crippen LogP contribution in [-0.4, -0.2) is 19.0 Å². The monoisotopic (exact) mass is 310 g/mol. The van der Waals surface area contributed by atoms with Gasteiger partial charge in [-0.25, -0.2) is 0 Å². The van der Waals surface area contributed by atoms with E-state index in [0.717, 1.165) is 24.2 Å². The number of amides is 1. The lowest BCUT2D eigenvalue weighted by Gasteiger charge is -2.10. The molecule has 3 rings (SSSR count). The molecule has 23 heavy (non-hydrogen) atoms. The molecule has 0 aliphatic carbocycles. The number of hydrogen-bond donors (Lipinski definition) is 2. The molecule has 1 aromatic rings. The highest BCUT2D eigenvalue weighted by Gasteiger charge is 2.20. The third kappa shape index (κ3) is 3.25. The summed E-state index contributed by atoms with van der Waals surface area (Å²) < 4.78 is 0. The summed E-state index contributed by atoms with van der Waals surface area (Å²) in [4.78, 5) is 12.5. The number of hydrogen-bond acceptors (Lipinski definition) is 2. The zero-order valence-electron chi connectivity index (χ0n) is 14.5. The second kappa shape index (κ2) is 6.32. The molecule has 0 bridgehead atoms. The van der Waals surface area contributed by atoms with Crippen LogP contribution in [0.3, 0.4) is 0 Å². The van der Waals surface area contributed by atoms with Crippen molar-refractivity contribution >= 4 is 18.1 Å². The van der Waals surface area contributed by atoms with E-state index in [-0.39, 0.29) is 5.91 Å². The molecule has 0 saturated carbocycles. The maximum atomic E-state index is 12.5. The second-order valence-electron chi connectivity index (χ2n) is 7.17. The summed E-state index contributed by atoms with van der Waals surface area (Å²) in [6.45, 7) is 11.2. The van der Waals surface area contributed by atoms with E-state index in [4.69, 9.17) is 0 Å². The average molecular weight is 310 g/mol. The van der Waals surface area contributed by atoms with Crippen LogP contribution in [0.5, 0.6) is 0 Å². The summed E-state index contributed by atoms with van der Waals surface area (Å²) in [5.41, 5.74) is 6.95. The molecule has 122 valence electrons. The van der Waals surface area contributed by atoms with Gasteiger partial charge < -0.3 is 10.6 Å². The van der Waals surface area contributed by atoms with Gasteiger partial charge in [0.15, 0.2) is 0 Å². The first-order valence-electron chi connectivity index (χ1n) is 8.52. The van der Waals surface area contributed by atoms with E-state index in [9.17, 15) is 4.79 Å². The second-order valence-corrected chi connectivity index (χ2v) is 7.17. The molecule has 3 heteroatoms. The summed E-state index contributed by atoms with van der Waals surface area (Å²) in [5.74, 6) is 0.977. The van der Waals surface area contributed by atoms with E-state index in [1.807, 2.05) is 0 Å². The Labute approximate surface area is 138 Å². The van der Waals surface area contributed by atoms with Crippen molar-refractivity contribution < 1.29 is 4.79 Å². The van der Waals surface area contributed by atoms with Crippen LogP contribution in [0.4, 0.5) is 0 Å². The lowest BCUT2D eigenvalue weighted by molar-refractivity contribution is 0.0957. The lowest BCUT2D eigenvalue weighted by Crippen LogP contribution is -2.25. The van der Waals surface area contributed by atoms with Gasteiger partial charge in [-0.2, -0.15) is 0 Å². The molecular formula is C20H26N2O. The van der Waals surface area contributed by atoms with E-state index in [2.05, 4.69) is 62.6 Å². The molecule has 0 aromatic heterocycles. The summed E-state index contributed by atoms with van der Waals surface area (Å²) >= 11 is 0. The van der Waals surface area contributed by atoms with Crippen molar-refractivity contribution in [2.75, 3.05) is 13.1 Å². The molecular weight excluding hydrogens is 284 g/mol. The fourth-order valence-corrected chi connectivity index (χ4v) is 3.15. The largest absolute Gasteiger partial charge is 0.348 e. The van der Waals surface area contributed by atoms with Gasteiger partial charge in [0, 0.05) is 25.2 Å². The number of carbonyl (C=O) groups excluding carboxylic acids is 1. The fourth-order valence-electron chi connectivity index (χ4n) is 3.15. The molecule has 2 aliphatic heterocycles. The van der Waals surface area contributed by atoms with Crippen molar-refractivity contribution in [3.05, 3.63) is 45.5 Å². The topological polar surface area (TPSA) is 41.1 Å². The maximum absolute atomic E-state index is 12.5. The minimum atomic E-state index is 0.0337. The summed E-state index contributed by atoms with van der Waals surface area (Å²) in [6.07, 6.45) is 4.45. The SMILES string of the molecule is CC(C)C1=Cc2cc3c(cc2CNC1)C=C(C(C)C)CNC3=O. The molecule has 0 fully saturated rings. The Balaban J connectivity index is 2.12. The van der Waals surface area contributed by atoms with Crippen LogP contribution in [0.25, 0.3) is 12.2 Å². The Kier molecular flexibility index (Phi) is 4.40. The van der Waals surface area contributed by atoms with Gasteiger partial charge in [-0.05, 0) is 46.2 Å². The van der Waals surface area contributed by atoms with Crippen molar-refractivity contribution in [1.29, 1.82) is 0 Å². The molecule has 1 amide bonds. The van der Waals surface area contributed by atoms with Gasteiger partial charge in [-0.15, -0.1) is 0 Å². The van der Waals surface area contributed by atoms with Gasteiger partial charge in [0.25, 0.3) is 5.91 Å².